The molecule has 2 N–H and O–H groups in total. The van der Waals surface area contributed by atoms with E-state index in [2.05, 4.69) is 27.7 Å². The monoisotopic (exact) mass is 260 g/mol. The maximum atomic E-state index is 9.56. The van der Waals surface area contributed by atoms with Crippen molar-refractivity contribution in [2.45, 2.75) is 71.9 Å². The van der Waals surface area contributed by atoms with Gasteiger partial charge in [0.1, 0.15) is 0 Å². The molecule has 3 heteroatoms. The van der Waals surface area contributed by atoms with Crippen LogP contribution in [0, 0.1) is 0 Å². The maximum Gasteiger partial charge on any atom is 0.0891 e. The van der Waals surface area contributed by atoms with E-state index in [4.69, 9.17) is 5.11 Å². The second-order valence-electron chi connectivity index (χ2n) is 5.38. The Morgan fingerprint density at radius 2 is 1.44 bits per heavy atom. The molecule has 2 atom stereocenters. The quantitative estimate of drug-likeness (QED) is 0.561. The van der Waals surface area contributed by atoms with Crippen LogP contribution in [0.3, 0.4) is 0 Å². The Morgan fingerprint density at radius 3 is 1.83 bits per heavy atom. The fourth-order valence-corrected chi connectivity index (χ4v) is 3.05. The molecule has 18 heavy (non-hydrogen) atoms. The summed E-state index contributed by atoms with van der Waals surface area (Å²) in [5.41, 5.74) is 0. The minimum atomic E-state index is -0.540. The number of hydrogen-bond donors (Lipinski definition) is 2. The molecule has 0 aliphatic carbocycles. The molecule has 0 aromatic heterocycles. The Bertz CT molecular complexity index is 185. The number of aliphatic hydroxyl groups is 2. The normalized spacial score (nSPS) is 15.7. The zero-order chi connectivity index (χ0) is 14.0. The first-order valence-electron chi connectivity index (χ1n) is 7.74. The van der Waals surface area contributed by atoms with Crippen molar-refractivity contribution in [3.8, 4) is 0 Å². The van der Waals surface area contributed by atoms with Crippen molar-refractivity contribution in [1.29, 1.82) is 0 Å². The molecule has 0 bridgehead atoms. The Morgan fingerprint density at radius 1 is 0.889 bits per heavy atom. The maximum absolute atomic E-state index is 9.56. The van der Waals surface area contributed by atoms with Gasteiger partial charge in [0, 0.05) is 6.42 Å². The summed E-state index contributed by atoms with van der Waals surface area (Å²) in [7, 11) is 0. The van der Waals surface area contributed by atoms with Gasteiger partial charge in [-0.3, -0.25) is 0 Å². The van der Waals surface area contributed by atoms with Gasteiger partial charge in [-0.2, -0.15) is 0 Å². The highest BCUT2D eigenvalue weighted by molar-refractivity contribution is 4.65. The molecule has 0 aromatic rings. The Hall–Kier alpha value is -0.120. The molecule has 0 aromatic carbocycles. The third-order valence-corrected chi connectivity index (χ3v) is 4.60. The lowest BCUT2D eigenvalue weighted by Crippen LogP contribution is -2.55. The predicted octanol–water partition coefficient (Wildman–Crippen LogP) is 2.56. The number of aliphatic hydroxyl groups excluding tert-OH is 2. The van der Waals surface area contributed by atoms with E-state index in [1.807, 2.05) is 0 Å². The second-order valence-corrected chi connectivity index (χ2v) is 5.38. The van der Waals surface area contributed by atoms with E-state index < -0.39 is 6.10 Å². The SMILES string of the molecule is CCCCC(CCC(O)CO)[N+](CC)(CC)CC. The van der Waals surface area contributed by atoms with Crippen molar-refractivity contribution in [2.75, 3.05) is 26.2 Å². The van der Waals surface area contributed by atoms with Gasteiger partial charge in [0.15, 0.2) is 0 Å². The smallest absolute Gasteiger partial charge is 0.0891 e. The highest BCUT2D eigenvalue weighted by Crippen LogP contribution is 2.23. The van der Waals surface area contributed by atoms with E-state index >= 15 is 0 Å². The van der Waals surface area contributed by atoms with Crippen molar-refractivity contribution < 1.29 is 14.7 Å². The van der Waals surface area contributed by atoms with Crippen LogP contribution in [-0.2, 0) is 0 Å². The Kier molecular flexibility index (Phi) is 9.70. The lowest BCUT2D eigenvalue weighted by atomic mass is 9.98. The highest BCUT2D eigenvalue weighted by atomic mass is 16.3. The molecule has 0 rings (SSSR count). The fraction of sp³-hybridized carbons (Fsp3) is 1.00. The molecule has 0 aliphatic heterocycles. The standard InChI is InChI=1S/C15H34NO2/c1-5-9-10-14(11-12-15(18)13-17)16(6-2,7-3)8-4/h14-15,17-18H,5-13H2,1-4H3/q+1. The number of hydrogen-bond acceptors (Lipinski definition) is 2. The summed E-state index contributed by atoms with van der Waals surface area (Å²) in [4.78, 5) is 0. The van der Waals surface area contributed by atoms with Crippen LogP contribution in [-0.4, -0.2) is 53.1 Å². The van der Waals surface area contributed by atoms with E-state index in [9.17, 15) is 5.11 Å². The number of unbranched alkanes of at least 4 members (excludes halogenated alkanes) is 1. The van der Waals surface area contributed by atoms with Crippen molar-refractivity contribution in [2.24, 2.45) is 0 Å². The lowest BCUT2D eigenvalue weighted by molar-refractivity contribution is -0.947. The number of quaternary nitrogens is 1. The van der Waals surface area contributed by atoms with Gasteiger partial charge in [0.25, 0.3) is 0 Å². The molecule has 0 fully saturated rings. The highest BCUT2D eigenvalue weighted by Gasteiger charge is 2.31. The topological polar surface area (TPSA) is 40.5 Å². The van der Waals surface area contributed by atoms with E-state index in [-0.39, 0.29) is 6.61 Å². The molecule has 0 aliphatic rings. The van der Waals surface area contributed by atoms with Crippen LogP contribution in [0.4, 0.5) is 0 Å². The van der Waals surface area contributed by atoms with Crippen LogP contribution in [0.1, 0.15) is 59.8 Å². The summed E-state index contributed by atoms with van der Waals surface area (Å²) in [6.45, 7) is 12.4. The fourth-order valence-electron chi connectivity index (χ4n) is 3.05. The third-order valence-electron chi connectivity index (χ3n) is 4.60. The van der Waals surface area contributed by atoms with E-state index in [0.717, 1.165) is 37.0 Å². The van der Waals surface area contributed by atoms with Crippen LogP contribution in [0.15, 0.2) is 0 Å². The first-order valence-corrected chi connectivity index (χ1v) is 7.74. The van der Waals surface area contributed by atoms with Crippen molar-refractivity contribution in [1.82, 2.24) is 0 Å². The lowest BCUT2D eigenvalue weighted by Gasteiger charge is -2.43. The van der Waals surface area contributed by atoms with Crippen LogP contribution in [0.5, 0.6) is 0 Å². The van der Waals surface area contributed by atoms with Crippen LogP contribution in [0.2, 0.25) is 0 Å². The molecule has 0 amide bonds. The van der Waals surface area contributed by atoms with Gasteiger partial charge in [-0.05, 0) is 40.0 Å². The molecular formula is C15H34NO2+. The first-order chi connectivity index (χ1) is 8.60. The molecule has 110 valence electrons. The average Bonchev–Trinajstić information content (AvgIpc) is 2.42. The third kappa shape index (κ3) is 5.25. The molecule has 0 saturated carbocycles. The zero-order valence-electron chi connectivity index (χ0n) is 12.9. The molecule has 0 spiro atoms. The minimum Gasteiger partial charge on any atom is -0.394 e. The summed E-state index contributed by atoms with van der Waals surface area (Å²) >= 11 is 0. The summed E-state index contributed by atoms with van der Waals surface area (Å²) in [6.07, 6.45) is 4.95. The minimum absolute atomic E-state index is 0.106. The number of rotatable bonds is 11. The average molecular weight is 260 g/mol. The predicted molar refractivity (Wildman–Crippen MR) is 77.5 cm³/mol. The van der Waals surface area contributed by atoms with Gasteiger partial charge in [0.2, 0.25) is 0 Å². The summed E-state index contributed by atoms with van der Waals surface area (Å²) in [5, 5.41) is 18.5. The summed E-state index contributed by atoms with van der Waals surface area (Å²) in [5.74, 6) is 0. The van der Waals surface area contributed by atoms with Gasteiger partial charge in [-0.25, -0.2) is 0 Å². The largest absolute Gasteiger partial charge is 0.394 e. The van der Waals surface area contributed by atoms with E-state index in [1.165, 1.54) is 19.3 Å². The summed E-state index contributed by atoms with van der Waals surface area (Å²) < 4.78 is 1.15. The molecule has 3 nitrogen and oxygen atoms in total. The van der Waals surface area contributed by atoms with Crippen molar-refractivity contribution in [3.05, 3.63) is 0 Å². The zero-order valence-corrected chi connectivity index (χ0v) is 12.9. The van der Waals surface area contributed by atoms with Gasteiger partial charge in [0.05, 0.1) is 38.4 Å². The van der Waals surface area contributed by atoms with Gasteiger partial charge < -0.3 is 14.7 Å². The molecule has 0 heterocycles. The second kappa shape index (κ2) is 9.76. The molecule has 2 unspecified atom stereocenters. The van der Waals surface area contributed by atoms with Crippen molar-refractivity contribution in [3.63, 3.8) is 0 Å². The first kappa shape index (κ1) is 17.9. The molecular weight excluding hydrogens is 226 g/mol. The van der Waals surface area contributed by atoms with Gasteiger partial charge in [-0.1, -0.05) is 13.3 Å². The Labute approximate surface area is 113 Å². The van der Waals surface area contributed by atoms with E-state index in [0.29, 0.717) is 6.04 Å². The van der Waals surface area contributed by atoms with Crippen LogP contribution in [0.25, 0.3) is 0 Å². The Balaban J connectivity index is 4.61. The van der Waals surface area contributed by atoms with Gasteiger partial charge in [-0.15, -0.1) is 0 Å². The summed E-state index contributed by atoms with van der Waals surface area (Å²) in [6, 6.07) is 0.631. The van der Waals surface area contributed by atoms with Crippen LogP contribution >= 0.6 is 0 Å². The van der Waals surface area contributed by atoms with Crippen molar-refractivity contribution >= 4 is 0 Å². The molecule has 0 saturated heterocycles. The number of nitrogens with zero attached hydrogens (tertiary/aromatic N) is 1. The van der Waals surface area contributed by atoms with Crippen LogP contribution < -0.4 is 0 Å². The van der Waals surface area contributed by atoms with E-state index in [1.54, 1.807) is 0 Å². The van der Waals surface area contributed by atoms with Gasteiger partial charge >= 0.3 is 0 Å². The molecule has 0 radical (unpaired) electrons.